The summed E-state index contributed by atoms with van der Waals surface area (Å²) < 4.78 is 25.9. The highest BCUT2D eigenvalue weighted by Crippen LogP contribution is 2.24. The Kier molecular flexibility index (Phi) is 9.36. The van der Waals surface area contributed by atoms with Gasteiger partial charge < -0.3 is 10.2 Å². The molecular formula is C22H27Cl2N3O4S. The van der Waals surface area contributed by atoms with Crippen molar-refractivity contribution in [3.63, 3.8) is 0 Å². The van der Waals surface area contributed by atoms with Crippen LogP contribution in [0.1, 0.15) is 25.8 Å². The molecule has 1 atom stereocenters. The molecule has 2 aromatic rings. The summed E-state index contributed by atoms with van der Waals surface area (Å²) in [5, 5.41) is 3.47. The second-order valence-electron chi connectivity index (χ2n) is 7.34. The lowest BCUT2D eigenvalue weighted by Gasteiger charge is -2.31. The summed E-state index contributed by atoms with van der Waals surface area (Å²) >= 11 is 12.1. The van der Waals surface area contributed by atoms with E-state index in [4.69, 9.17) is 23.2 Å². The molecule has 2 rings (SSSR count). The van der Waals surface area contributed by atoms with Crippen molar-refractivity contribution in [2.75, 3.05) is 23.7 Å². The van der Waals surface area contributed by atoms with Crippen molar-refractivity contribution in [3.8, 4) is 0 Å². The number of benzene rings is 2. The van der Waals surface area contributed by atoms with Crippen LogP contribution in [0.5, 0.6) is 0 Å². The van der Waals surface area contributed by atoms with Gasteiger partial charge in [0.25, 0.3) is 0 Å². The van der Waals surface area contributed by atoms with E-state index in [0.717, 1.165) is 17.0 Å². The first-order valence-corrected chi connectivity index (χ1v) is 12.7. The van der Waals surface area contributed by atoms with Crippen molar-refractivity contribution < 1.29 is 18.0 Å². The van der Waals surface area contributed by atoms with Gasteiger partial charge in [-0.25, -0.2) is 8.42 Å². The van der Waals surface area contributed by atoms with Crippen molar-refractivity contribution in [2.24, 2.45) is 0 Å². The highest BCUT2D eigenvalue weighted by atomic mass is 35.5. The Morgan fingerprint density at radius 1 is 1.06 bits per heavy atom. The zero-order valence-electron chi connectivity index (χ0n) is 18.2. The highest BCUT2D eigenvalue weighted by molar-refractivity contribution is 7.92. The van der Waals surface area contributed by atoms with E-state index < -0.39 is 28.5 Å². The summed E-state index contributed by atoms with van der Waals surface area (Å²) in [7, 11) is -3.75. The van der Waals surface area contributed by atoms with E-state index in [-0.39, 0.29) is 12.5 Å². The van der Waals surface area contributed by atoms with Crippen LogP contribution in [0, 0.1) is 0 Å². The SMILES string of the molecule is CCCNC(=O)[C@H](C)N(Cc1ccc(Cl)c(Cl)c1)C(=O)CN(c1ccccc1)S(C)(=O)=O. The lowest BCUT2D eigenvalue weighted by molar-refractivity contribution is -0.139. The maximum Gasteiger partial charge on any atom is 0.244 e. The molecule has 10 heteroatoms. The first-order valence-electron chi connectivity index (χ1n) is 10.1. The summed E-state index contributed by atoms with van der Waals surface area (Å²) in [4.78, 5) is 27.3. The number of carbonyl (C=O) groups is 2. The summed E-state index contributed by atoms with van der Waals surface area (Å²) in [6, 6.07) is 12.4. The lowest BCUT2D eigenvalue weighted by atomic mass is 10.1. The van der Waals surface area contributed by atoms with Gasteiger partial charge in [0, 0.05) is 13.1 Å². The van der Waals surface area contributed by atoms with Crippen molar-refractivity contribution >= 4 is 50.7 Å². The van der Waals surface area contributed by atoms with Crippen LogP contribution < -0.4 is 9.62 Å². The van der Waals surface area contributed by atoms with Gasteiger partial charge in [-0.2, -0.15) is 0 Å². The second kappa shape index (κ2) is 11.5. The maximum absolute atomic E-state index is 13.3. The highest BCUT2D eigenvalue weighted by Gasteiger charge is 2.30. The van der Waals surface area contributed by atoms with E-state index in [1.807, 2.05) is 6.92 Å². The van der Waals surface area contributed by atoms with Gasteiger partial charge in [-0.05, 0) is 43.2 Å². The number of nitrogens with zero attached hydrogens (tertiary/aromatic N) is 2. The Hall–Kier alpha value is -2.29. The van der Waals surface area contributed by atoms with Crippen LogP contribution in [0.25, 0.3) is 0 Å². The van der Waals surface area contributed by atoms with Crippen LogP contribution in [0.3, 0.4) is 0 Å². The van der Waals surface area contributed by atoms with E-state index in [1.165, 1.54) is 4.90 Å². The number of para-hydroxylation sites is 1. The molecule has 0 spiro atoms. The average Bonchev–Trinajstić information content (AvgIpc) is 2.75. The quantitative estimate of drug-likeness (QED) is 0.539. The van der Waals surface area contributed by atoms with E-state index in [0.29, 0.717) is 27.8 Å². The fourth-order valence-corrected chi connectivity index (χ4v) is 4.19. The Labute approximate surface area is 199 Å². The third-order valence-corrected chi connectivity index (χ3v) is 6.66. The molecule has 0 saturated heterocycles. The van der Waals surface area contributed by atoms with Crippen molar-refractivity contribution in [1.29, 1.82) is 0 Å². The molecule has 0 fully saturated rings. The molecule has 0 aliphatic carbocycles. The van der Waals surface area contributed by atoms with Gasteiger partial charge in [-0.3, -0.25) is 13.9 Å². The molecule has 0 radical (unpaired) electrons. The minimum absolute atomic E-state index is 0.0584. The topological polar surface area (TPSA) is 86.8 Å². The van der Waals surface area contributed by atoms with Crippen molar-refractivity contribution in [1.82, 2.24) is 10.2 Å². The van der Waals surface area contributed by atoms with Crippen LogP contribution in [0.15, 0.2) is 48.5 Å². The van der Waals surface area contributed by atoms with E-state index in [9.17, 15) is 18.0 Å². The van der Waals surface area contributed by atoms with Crippen LogP contribution >= 0.6 is 23.2 Å². The number of sulfonamides is 1. The zero-order chi connectivity index (χ0) is 23.9. The van der Waals surface area contributed by atoms with Crippen molar-refractivity contribution in [2.45, 2.75) is 32.9 Å². The Morgan fingerprint density at radius 3 is 2.28 bits per heavy atom. The fourth-order valence-electron chi connectivity index (χ4n) is 3.02. The molecule has 2 aromatic carbocycles. The van der Waals surface area contributed by atoms with Gasteiger partial charge in [-0.1, -0.05) is 54.4 Å². The van der Waals surface area contributed by atoms with Gasteiger partial charge in [-0.15, -0.1) is 0 Å². The average molecular weight is 500 g/mol. The van der Waals surface area contributed by atoms with Gasteiger partial charge in [0.15, 0.2) is 0 Å². The molecule has 32 heavy (non-hydrogen) atoms. The molecule has 0 aliphatic rings. The number of hydrogen-bond donors (Lipinski definition) is 1. The van der Waals surface area contributed by atoms with Crippen LogP contribution in [-0.2, 0) is 26.2 Å². The third kappa shape index (κ3) is 7.12. The standard InChI is InChI=1S/C22H27Cl2N3O4S/c1-4-12-25-22(29)16(2)26(14-17-10-11-19(23)20(24)13-17)21(28)15-27(32(3,30)31)18-8-6-5-7-9-18/h5-11,13,16H,4,12,14-15H2,1-3H3,(H,25,29)/t16-/m0/s1. The molecule has 174 valence electrons. The molecule has 0 heterocycles. The molecule has 0 bridgehead atoms. The molecule has 0 saturated carbocycles. The van der Waals surface area contributed by atoms with Crippen LogP contribution in [-0.4, -0.2) is 50.5 Å². The van der Waals surface area contributed by atoms with Gasteiger partial charge in [0.1, 0.15) is 12.6 Å². The Morgan fingerprint density at radius 2 is 1.72 bits per heavy atom. The number of amides is 2. The smallest absolute Gasteiger partial charge is 0.244 e. The Bertz CT molecular complexity index is 1050. The monoisotopic (exact) mass is 499 g/mol. The lowest BCUT2D eigenvalue weighted by Crippen LogP contribution is -2.51. The number of anilines is 1. The van der Waals surface area contributed by atoms with Crippen LogP contribution in [0.2, 0.25) is 10.0 Å². The van der Waals surface area contributed by atoms with Gasteiger partial charge in [0.2, 0.25) is 21.8 Å². The molecular weight excluding hydrogens is 473 g/mol. The second-order valence-corrected chi connectivity index (χ2v) is 10.1. The van der Waals surface area contributed by atoms with E-state index in [2.05, 4.69) is 5.32 Å². The zero-order valence-corrected chi connectivity index (χ0v) is 20.5. The number of hydrogen-bond acceptors (Lipinski definition) is 4. The predicted molar refractivity (Wildman–Crippen MR) is 128 cm³/mol. The minimum atomic E-state index is -3.75. The van der Waals surface area contributed by atoms with Gasteiger partial charge in [0.05, 0.1) is 22.0 Å². The summed E-state index contributed by atoms with van der Waals surface area (Å²) in [6.07, 6.45) is 1.78. The number of carbonyl (C=O) groups excluding carboxylic acids is 2. The molecule has 0 aliphatic heterocycles. The normalized spacial score (nSPS) is 12.2. The van der Waals surface area contributed by atoms with E-state index in [1.54, 1.807) is 55.5 Å². The first-order chi connectivity index (χ1) is 15.0. The number of rotatable bonds is 10. The fraction of sp³-hybridized carbons (Fsp3) is 0.364. The summed E-state index contributed by atoms with van der Waals surface area (Å²) in [5.41, 5.74) is 1.02. The maximum atomic E-state index is 13.3. The molecule has 1 N–H and O–H groups in total. The summed E-state index contributed by atoms with van der Waals surface area (Å²) in [5.74, 6) is -0.852. The molecule has 0 aromatic heterocycles. The largest absolute Gasteiger partial charge is 0.354 e. The number of nitrogens with one attached hydrogen (secondary N) is 1. The molecule has 2 amide bonds. The Balaban J connectivity index is 2.36. The van der Waals surface area contributed by atoms with Crippen LogP contribution in [0.4, 0.5) is 5.69 Å². The van der Waals surface area contributed by atoms with Gasteiger partial charge >= 0.3 is 0 Å². The number of halogens is 2. The van der Waals surface area contributed by atoms with E-state index >= 15 is 0 Å². The third-order valence-electron chi connectivity index (χ3n) is 4.78. The molecule has 0 unspecified atom stereocenters. The minimum Gasteiger partial charge on any atom is -0.354 e. The summed E-state index contributed by atoms with van der Waals surface area (Å²) in [6.45, 7) is 3.61. The predicted octanol–water partition coefficient (Wildman–Crippen LogP) is 3.70. The molecule has 7 nitrogen and oxygen atoms in total. The first kappa shape index (κ1) is 26.0. The van der Waals surface area contributed by atoms with Crippen molar-refractivity contribution in [3.05, 3.63) is 64.1 Å².